The molecule has 3 N–H and O–H groups in total. The van der Waals surface area contributed by atoms with E-state index in [9.17, 15) is 16.8 Å². The minimum Gasteiger partial charge on any atom is -0.328 e. The van der Waals surface area contributed by atoms with E-state index in [2.05, 4.69) is 4.72 Å². The second-order valence-corrected chi connectivity index (χ2v) is 10.9. The molecule has 0 bridgehead atoms. The minimum atomic E-state index is -3.47. The summed E-state index contributed by atoms with van der Waals surface area (Å²) in [6, 6.07) is 3.41. The highest BCUT2D eigenvalue weighted by atomic mass is 32.2. The van der Waals surface area contributed by atoms with Crippen molar-refractivity contribution in [2.75, 3.05) is 25.4 Å². The van der Waals surface area contributed by atoms with Gasteiger partial charge in [0.25, 0.3) is 10.0 Å². The molecule has 0 atom stereocenters. The molecule has 10 heteroatoms. The van der Waals surface area contributed by atoms with Crippen LogP contribution in [0.2, 0.25) is 0 Å². The third-order valence-corrected chi connectivity index (χ3v) is 8.72. The van der Waals surface area contributed by atoms with Crippen LogP contribution in [0.15, 0.2) is 16.3 Å². The summed E-state index contributed by atoms with van der Waals surface area (Å²) in [5.74, 6) is 0.0359. The number of thiophene rings is 1. The lowest BCUT2D eigenvalue weighted by atomic mass is 10.1. The lowest BCUT2D eigenvalue weighted by Crippen LogP contribution is -2.42. The molecule has 1 saturated heterocycles. The van der Waals surface area contributed by atoms with Crippen molar-refractivity contribution in [1.82, 2.24) is 9.03 Å². The maximum absolute atomic E-state index is 12.6. The van der Waals surface area contributed by atoms with Crippen molar-refractivity contribution in [2.45, 2.75) is 36.4 Å². The van der Waals surface area contributed by atoms with Crippen LogP contribution in [0.4, 0.5) is 0 Å². The summed E-state index contributed by atoms with van der Waals surface area (Å²) >= 11 is 1.20. The van der Waals surface area contributed by atoms with Crippen LogP contribution in [0.3, 0.4) is 0 Å². The molecule has 132 valence electrons. The Morgan fingerprint density at radius 3 is 2.52 bits per heavy atom. The van der Waals surface area contributed by atoms with Gasteiger partial charge >= 0.3 is 0 Å². The highest BCUT2D eigenvalue weighted by molar-refractivity contribution is 7.91. The topological polar surface area (TPSA) is 110 Å². The molecule has 1 fully saturated rings. The first-order valence-electron chi connectivity index (χ1n) is 7.56. The number of nitrogens with one attached hydrogen (secondary N) is 1. The summed E-state index contributed by atoms with van der Waals surface area (Å²) in [5.41, 5.74) is 5.81. The summed E-state index contributed by atoms with van der Waals surface area (Å²) in [6.07, 6.45) is 1.83. The van der Waals surface area contributed by atoms with Gasteiger partial charge in [0.2, 0.25) is 10.0 Å². The molecule has 1 aromatic heterocycles. The van der Waals surface area contributed by atoms with Gasteiger partial charge < -0.3 is 5.73 Å². The number of hydrogen-bond donors (Lipinski definition) is 2. The zero-order valence-corrected chi connectivity index (χ0v) is 15.5. The molecule has 0 aromatic carbocycles. The Morgan fingerprint density at radius 1 is 1.26 bits per heavy atom. The van der Waals surface area contributed by atoms with Gasteiger partial charge in [0.05, 0.1) is 5.75 Å². The lowest BCUT2D eigenvalue weighted by molar-refractivity contribution is 0.320. The van der Waals surface area contributed by atoms with Gasteiger partial charge in [0.1, 0.15) is 4.21 Å². The Bertz CT molecular complexity index is 719. The number of rotatable bonds is 7. The van der Waals surface area contributed by atoms with Gasteiger partial charge in [-0.25, -0.2) is 21.6 Å². The zero-order valence-electron chi connectivity index (χ0n) is 13.1. The lowest BCUT2D eigenvalue weighted by Gasteiger charge is -2.28. The molecule has 0 spiro atoms. The molecular weight excluding hydrogens is 358 g/mol. The molecule has 0 saturated carbocycles. The van der Waals surface area contributed by atoms with Crippen LogP contribution in [0.1, 0.15) is 24.6 Å². The molecule has 0 unspecified atom stereocenters. The van der Waals surface area contributed by atoms with Gasteiger partial charge in [0.15, 0.2) is 0 Å². The van der Waals surface area contributed by atoms with Crippen LogP contribution in [0, 0.1) is 0 Å². The van der Waals surface area contributed by atoms with Gasteiger partial charge in [-0.15, -0.1) is 11.3 Å². The van der Waals surface area contributed by atoms with E-state index in [1.807, 2.05) is 0 Å². The Hall–Kier alpha value is -0.520. The third-order valence-electron chi connectivity index (χ3n) is 3.80. The van der Waals surface area contributed by atoms with Gasteiger partial charge in [-0.1, -0.05) is 0 Å². The van der Waals surface area contributed by atoms with E-state index < -0.39 is 20.0 Å². The standard InChI is InChI=1S/C13H23N3O4S3/c1-2-22(17,18)15-8-5-12-3-4-13(21-12)23(19,20)16-9-6-11(14)7-10-16/h3-4,11,15H,2,5-10,14H2,1H3. The van der Waals surface area contributed by atoms with Crippen LogP contribution >= 0.6 is 11.3 Å². The van der Waals surface area contributed by atoms with Crippen LogP contribution < -0.4 is 10.5 Å². The number of nitrogens with zero attached hydrogens (tertiary/aromatic N) is 1. The molecule has 2 rings (SSSR count). The highest BCUT2D eigenvalue weighted by Crippen LogP contribution is 2.27. The van der Waals surface area contributed by atoms with E-state index in [4.69, 9.17) is 5.73 Å². The first kappa shape index (κ1) is 18.8. The molecule has 7 nitrogen and oxygen atoms in total. The fourth-order valence-corrected chi connectivity index (χ4v) is 5.90. The van der Waals surface area contributed by atoms with Gasteiger partial charge in [-0.3, -0.25) is 0 Å². The second kappa shape index (κ2) is 7.58. The minimum absolute atomic E-state index is 0.0359. The monoisotopic (exact) mass is 381 g/mol. The quantitative estimate of drug-likeness (QED) is 0.708. The predicted molar refractivity (Wildman–Crippen MR) is 91.5 cm³/mol. The van der Waals surface area contributed by atoms with Crippen molar-refractivity contribution in [2.24, 2.45) is 5.73 Å². The summed E-state index contributed by atoms with van der Waals surface area (Å²) in [5, 5.41) is 0. The average Bonchev–Trinajstić information content (AvgIpc) is 2.97. The third kappa shape index (κ3) is 4.97. The Kier molecular flexibility index (Phi) is 6.20. The van der Waals surface area contributed by atoms with Crippen molar-refractivity contribution in [3.05, 3.63) is 17.0 Å². The Morgan fingerprint density at radius 2 is 1.91 bits per heavy atom. The first-order chi connectivity index (χ1) is 10.7. The van der Waals surface area contributed by atoms with Crippen LogP contribution in [0.25, 0.3) is 0 Å². The summed E-state index contributed by atoms with van der Waals surface area (Å²) in [7, 11) is -6.68. The van der Waals surface area contributed by atoms with Gasteiger partial charge in [0, 0.05) is 30.6 Å². The summed E-state index contributed by atoms with van der Waals surface area (Å²) < 4.78 is 52.1. The molecule has 0 aliphatic carbocycles. The molecule has 0 radical (unpaired) electrons. The number of sulfonamides is 2. The number of nitrogens with two attached hydrogens (primary N) is 1. The predicted octanol–water partition coefficient (Wildman–Crippen LogP) is 0.342. The molecule has 1 aromatic rings. The number of hydrogen-bond acceptors (Lipinski definition) is 6. The largest absolute Gasteiger partial charge is 0.328 e. The van der Waals surface area contributed by atoms with Gasteiger partial charge in [-0.05, 0) is 38.3 Å². The molecule has 1 aliphatic rings. The first-order valence-corrected chi connectivity index (χ1v) is 11.5. The van der Waals surface area contributed by atoms with Crippen molar-refractivity contribution in [1.29, 1.82) is 0 Å². The maximum atomic E-state index is 12.6. The smallest absolute Gasteiger partial charge is 0.252 e. The average molecular weight is 382 g/mol. The van der Waals surface area contributed by atoms with Crippen molar-refractivity contribution in [3.8, 4) is 0 Å². The fraction of sp³-hybridized carbons (Fsp3) is 0.692. The number of piperidine rings is 1. The molecular formula is C13H23N3O4S3. The van der Waals surface area contributed by atoms with E-state index in [0.29, 0.717) is 36.6 Å². The van der Waals surface area contributed by atoms with Crippen LogP contribution in [-0.4, -0.2) is 52.6 Å². The molecule has 1 aliphatic heterocycles. The summed E-state index contributed by atoms with van der Waals surface area (Å²) in [4.78, 5) is 0.844. The highest BCUT2D eigenvalue weighted by Gasteiger charge is 2.29. The van der Waals surface area contributed by atoms with Crippen molar-refractivity contribution in [3.63, 3.8) is 0 Å². The summed E-state index contributed by atoms with van der Waals surface area (Å²) in [6.45, 7) is 2.75. The van der Waals surface area contributed by atoms with Crippen LogP contribution in [-0.2, 0) is 26.5 Å². The maximum Gasteiger partial charge on any atom is 0.252 e. The Labute approximate surface area is 142 Å². The zero-order chi connectivity index (χ0) is 17.1. The van der Waals surface area contributed by atoms with E-state index in [1.165, 1.54) is 15.6 Å². The Balaban J connectivity index is 1.98. The van der Waals surface area contributed by atoms with E-state index in [1.54, 1.807) is 19.1 Å². The molecule has 0 amide bonds. The van der Waals surface area contributed by atoms with Crippen LogP contribution in [0.5, 0.6) is 0 Å². The van der Waals surface area contributed by atoms with E-state index in [-0.39, 0.29) is 18.3 Å². The second-order valence-electron chi connectivity index (χ2n) is 5.51. The SMILES string of the molecule is CCS(=O)(=O)NCCc1ccc(S(=O)(=O)N2CCC(N)CC2)s1. The van der Waals surface area contributed by atoms with E-state index in [0.717, 1.165) is 4.88 Å². The fourth-order valence-electron chi connectivity index (χ4n) is 2.31. The molecule has 2 heterocycles. The van der Waals surface area contributed by atoms with E-state index >= 15 is 0 Å². The van der Waals surface area contributed by atoms with Crippen molar-refractivity contribution >= 4 is 31.4 Å². The van der Waals surface area contributed by atoms with Gasteiger partial charge in [-0.2, -0.15) is 4.31 Å². The normalized spacial score (nSPS) is 18.3. The van der Waals surface area contributed by atoms with Crippen molar-refractivity contribution < 1.29 is 16.8 Å². The molecule has 23 heavy (non-hydrogen) atoms.